The number of unbranched alkanes of at least 4 members (excludes halogenated alkanes) is 1. The molecule has 0 N–H and O–H groups in total. The third-order valence-corrected chi connectivity index (χ3v) is 3.14. The van der Waals surface area contributed by atoms with Gasteiger partial charge in [-0.2, -0.15) is 0 Å². The third kappa shape index (κ3) is 24.5. The fraction of sp³-hybridized carbons (Fsp3) is 0.522. The first kappa shape index (κ1) is 25.4. The van der Waals surface area contributed by atoms with Crippen molar-refractivity contribution in [1.29, 1.82) is 0 Å². The molecule has 0 unspecified atom stereocenters. The fourth-order valence-electron chi connectivity index (χ4n) is 1.83. The number of rotatable bonds is 13. The molecule has 0 aliphatic rings. The summed E-state index contributed by atoms with van der Waals surface area (Å²) in [5.74, 6) is -0.127. The highest BCUT2D eigenvalue weighted by atomic mass is 16.5. The molecule has 142 valence electrons. The Balaban J connectivity index is 0. The molecule has 2 heteroatoms. The zero-order chi connectivity index (χ0) is 19.0. The van der Waals surface area contributed by atoms with Gasteiger partial charge in [-0.25, -0.2) is 0 Å². The number of carbonyl (C=O) groups excluding carboxylic acids is 1. The first-order valence-electron chi connectivity index (χ1n) is 9.63. The zero-order valence-corrected chi connectivity index (χ0v) is 16.7. The van der Waals surface area contributed by atoms with E-state index in [0.717, 1.165) is 44.9 Å². The lowest BCUT2D eigenvalue weighted by atomic mass is 10.2. The van der Waals surface area contributed by atoms with Gasteiger partial charge >= 0.3 is 5.97 Å². The average molecular weight is 347 g/mol. The molecule has 25 heavy (non-hydrogen) atoms. The van der Waals surface area contributed by atoms with Crippen molar-refractivity contribution in [2.24, 2.45) is 0 Å². The van der Waals surface area contributed by atoms with Crippen LogP contribution in [-0.4, -0.2) is 13.1 Å². The number of allylic oxidation sites excluding steroid dienone is 10. The summed E-state index contributed by atoms with van der Waals surface area (Å²) in [6, 6.07) is 0. The molecule has 0 aromatic carbocycles. The quantitative estimate of drug-likeness (QED) is 0.202. The Morgan fingerprint density at radius 3 is 1.52 bits per heavy atom. The van der Waals surface area contributed by atoms with Gasteiger partial charge in [-0.1, -0.05) is 81.5 Å². The van der Waals surface area contributed by atoms with Crippen LogP contribution in [0.15, 0.2) is 60.8 Å². The Labute approximate surface area is 156 Å². The monoisotopic (exact) mass is 346 g/mol. The van der Waals surface area contributed by atoms with Crippen LogP contribution in [0.5, 0.6) is 0 Å². The van der Waals surface area contributed by atoms with E-state index >= 15 is 0 Å². The smallest absolute Gasteiger partial charge is 0.305 e. The summed E-state index contributed by atoms with van der Waals surface area (Å²) in [6.07, 6.45) is 29.2. The second-order valence-electron chi connectivity index (χ2n) is 5.18. The van der Waals surface area contributed by atoms with E-state index in [1.54, 1.807) is 0 Å². The lowest BCUT2D eigenvalue weighted by molar-refractivity contribution is -0.140. The maximum absolute atomic E-state index is 10.9. The SMILES string of the molecule is CC.CC/C=C\C/C=C\C/C=C\C/C=C\C/C=C\CCCC(=O)OC. The number of hydrogen-bond acceptors (Lipinski definition) is 2. The number of carbonyl (C=O) groups is 1. The number of ether oxygens (including phenoxy) is 1. The van der Waals surface area contributed by atoms with Crippen LogP contribution in [0.1, 0.15) is 72.1 Å². The molecule has 0 heterocycles. The van der Waals surface area contributed by atoms with Crippen molar-refractivity contribution in [1.82, 2.24) is 0 Å². The summed E-state index contributed by atoms with van der Waals surface area (Å²) in [6.45, 7) is 6.15. The molecule has 0 saturated carbocycles. The van der Waals surface area contributed by atoms with Crippen molar-refractivity contribution < 1.29 is 9.53 Å². The Kier molecular flexibility index (Phi) is 24.8. The van der Waals surface area contributed by atoms with Gasteiger partial charge in [0, 0.05) is 6.42 Å². The van der Waals surface area contributed by atoms with Gasteiger partial charge in [0.2, 0.25) is 0 Å². The van der Waals surface area contributed by atoms with E-state index in [0.29, 0.717) is 6.42 Å². The van der Waals surface area contributed by atoms with Crippen LogP contribution in [0.25, 0.3) is 0 Å². The van der Waals surface area contributed by atoms with Crippen LogP contribution >= 0.6 is 0 Å². The van der Waals surface area contributed by atoms with E-state index in [1.807, 2.05) is 13.8 Å². The van der Waals surface area contributed by atoms with Crippen molar-refractivity contribution in [3.05, 3.63) is 60.8 Å². The highest BCUT2D eigenvalue weighted by Gasteiger charge is 1.96. The van der Waals surface area contributed by atoms with Crippen LogP contribution in [0.3, 0.4) is 0 Å². The second kappa shape index (κ2) is 24.4. The predicted molar refractivity (Wildman–Crippen MR) is 112 cm³/mol. The topological polar surface area (TPSA) is 26.3 Å². The van der Waals surface area contributed by atoms with E-state index in [4.69, 9.17) is 0 Å². The Morgan fingerprint density at radius 1 is 0.720 bits per heavy atom. The maximum atomic E-state index is 10.9. The molecule has 0 atom stereocenters. The molecule has 0 aliphatic carbocycles. The van der Waals surface area contributed by atoms with Crippen molar-refractivity contribution in [3.63, 3.8) is 0 Å². The maximum Gasteiger partial charge on any atom is 0.305 e. The zero-order valence-electron chi connectivity index (χ0n) is 16.7. The van der Waals surface area contributed by atoms with Gasteiger partial charge < -0.3 is 4.74 Å². The standard InChI is InChI=1S/C21H32O2.C2H6/c1-3-4-5-6-7-8-9-10-11-12-13-14-15-16-17-18-19-20-21(22)23-2;1-2/h4-5,7-8,10-11,13-14,16-17H,3,6,9,12,15,18-20H2,1-2H3;1-2H3/b5-4-,8-7-,11-10-,14-13-,17-16-;. The van der Waals surface area contributed by atoms with Gasteiger partial charge in [0.05, 0.1) is 7.11 Å². The van der Waals surface area contributed by atoms with Crippen LogP contribution in [-0.2, 0) is 9.53 Å². The van der Waals surface area contributed by atoms with Gasteiger partial charge in [0.1, 0.15) is 0 Å². The number of hydrogen-bond donors (Lipinski definition) is 0. The van der Waals surface area contributed by atoms with E-state index in [2.05, 4.69) is 72.4 Å². The number of esters is 1. The van der Waals surface area contributed by atoms with Gasteiger partial charge in [-0.15, -0.1) is 0 Å². The van der Waals surface area contributed by atoms with E-state index in [-0.39, 0.29) is 5.97 Å². The summed E-state index contributed by atoms with van der Waals surface area (Å²) in [4.78, 5) is 10.9. The molecule has 0 spiro atoms. The normalized spacial score (nSPS) is 11.8. The minimum atomic E-state index is -0.127. The molecule has 0 saturated heterocycles. The molecule has 0 bridgehead atoms. The van der Waals surface area contributed by atoms with Gasteiger partial charge in [0.15, 0.2) is 0 Å². The molecule has 0 amide bonds. The van der Waals surface area contributed by atoms with Crippen molar-refractivity contribution in [2.45, 2.75) is 72.1 Å². The molecular formula is C23H38O2. The molecule has 0 aromatic heterocycles. The molecule has 0 fully saturated rings. The number of methoxy groups -OCH3 is 1. The first-order valence-corrected chi connectivity index (χ1v) is 9.63. The van der Waals surface area contributed by atoms with Crippen LogP contribution in [0.4, 0.5) is 0 Å². The molecular weight excluding hydrogens is 308 g/mol. The molecule has 0 rings (SSSR count). The van der Waals surface area contributed by atoms with Crippen LogP contribution < -0.4 is 0 Å². The van der Waals surface area contributed by atoms with E-state index in [1.165, 1.54) is 7.11 Å². The first-order chi connectivity index (χ1) is 12.3. The second-order valence-corrected chi connectivity index (χ2v) is 5.18. The summed E-state index contributed by atoms with van der Waals surface area (Å²) >= 11 is 0. The van der Waals surface area contributed by atoms with E-state index in [9.17, 15) is 4.79 Å². The van der Waals surface area contributed by atoms with Gasteiger partial charge in [-0.05, 0) is 44.9 Å². The Hall–Kier alpha value is -1.83. The molecule has 0 aromatic rings. The summed E-state index contributed by atoms with van der Waals surface area (Å²) in [5.41, 5.74) is 0. The summed E-state index contributed by atoms with van der Waals surface area (Å²) in [5, 5.41) is 0. The van der Waals surface area contributed by atoms with Crippen LogP contribution in [0, 0.1) is 0 Å². The predicted octanol–water partition coefficient (Wildman–Crippen LogP) is 7.11. The van der Waals surface area contributed by atoms with Crippen molar-refractivity contribution >= 4 is 5.97 Å². The fourth-order valence-corrected chi connectivity index (χ4v) is 1.83. The van der Waals surface area contributed by atoms with Gasteiger partial charge in [-0.3, -0.25) is 4.79 Å². The third-order valence-electron chi connectivity index (χ3n) is 3.14. The lowest BCUT2D eigenvalue weighted by Gasteiger charge is -1.95. The molecule has 0 aliphatic heterocycles. The van der Waals surface area contributed by atoms with E-state index < -0.39 is 0 Å². The minimum Gasteiger partial charge on any atom is -0.469 e. The minimum absolute atomic E-state index is 0.127. The average Bonchev–Trinajstić information content (AvgIpc) is 2.65. The summed E-state index contributed by atoms with van der Waals surface area (Å²) in [7, 11) is 1.43. The van der Waals surface area contributed by atoms with Crippen LogP contribution in [0.2, 0.25) is 0 Å². The highest BCUT2D eigenvalue weighted by Crippen LogP contribution is 2.00. The van der Waals surface area contributed by atoms with Crippen molar-refractivity contribution in [2.75, 3.05) is 7.11 Å². The Morgan fingerprint density at radius 2 is 1.12 bits per heavy atom. The largest absolute Gasteiger partial charge is 0.469 e. The molecule has 2 nitrogen and oxygen atoms in total. The van der Waals surface area contributed by atoms with Gasteiger partial charge in [0.25, 0.3) is 0 Å². The van der Waals surface area contributed by atoms with Crippen molar-refractivity contribution in [3.8, 4) is 0 Å². The summed E-state index contributed by atoms with van der Waals surface area (Å²) < 4.78 is 4.59. The lowest BCUT2D eigenvalue weighted by Crippen LogP contribution is -1.98. The molecule has 0 radical (unpaired) electrons. The highest BCUT2D eigenvalue weighted by molar-refractivity contribution is 5.69. The Bertz CT molecular complexity index is 412.